The number of hydrogen-bond donors (Lipinski definition) is 2. The van der Waals surface area contributed by atoms with Gasteiger partial charge >= 0.3 is 0 Å². The second kappa shape index (κ2) is 5.36. The van der Waals surface area contributed by atoms with Gasteiger partial charge in [-0.2, -0.15) is 0 Å². The van der Waals surface area contributed by atoms with E-state index in [4.69, 9.17) is 4.74 Å². The molecular formula is C15H17N3O2. The first-order valence-electron chi connectivity index (χ1n) is 6.73. The van der Waals surface area contributed by atoms with Crippen molar-refractivity contribution in [3.63, 3.8) is 0 Å². The number of methoxy groups -OCH3 is 1. The minimum Gasteiger partial charge on any atom is -0.496 e. The van der Waals surface area contributed by atoms with E-state index in [1.54, 1.807) is 7.11 Å². The van der Waals surface area contributed by atoms with E-state index in [-0.39, 0.29) is 5.56 Å². The Morgan fingerprint density at radius 3 is 2.95 bits per heavy atom. The van der Waals surface area contributed by atoms with Gasteiger partial charge in [-0.05, 0) is 18.9 Å². The number of hydrogen-bond acceptors (Lipinski definition) is 4. The molecule has 1 aromatic carbocycles. The second-order valence-corrected chi connectivity index (χ2v) is 4.96. The Labute approximate surface area is 117 Å². The maximum Gasteiger partial charge on any atom is 0.252 e. The van der Waals surface area contributed by atoms with E-state index in [1.807, 2.05) is 24.3 Å². The second-order valence-electron chi connectivity index (χ2n) is 4.96. The van der Waals surface area contributed by atoms with Crippen LogP contribution in [0.15, 0.2) is 35.1 Å². The van der Waals surface area contributed by atoms with Crippen LogP contribution >= 0.6 is 0 Å². The summed E-state index contributed by atoms with van der Waals surface area (Å²) in [6, 6.07) is 9.28. The van der Waals surface area contributed by atoms with Gasteiger partial charge < -0.3 is 15.0 Å². The Morgan fingerprint density at radius 1 is 1.40 bits per heavy atom. The monoisotopic (exact) mass is 271 g/mol. The molecule has 0 atom stereocenters. The maximum atomic E-state index is 11.6. The Hall–Kier alpha value is -2.30. The Balaban J connectivity index is 1.76. The predicted molar refractivity (Wildman–Crippen MR) is 77.2 cm³/mol. The van der Waals surface area contributed by atoms with E-state index in [2.05, 4.69) is 15.3 Å². The zero-order valence-corrected chi connectivity index (χ0v) is 11.3. The fourth-order valence-electron chi connectivity index (χ4n) is 2.15. The Bertz CT molecular complexity index is 662. The molecule has 0 spiro atoms. The summed E-state index contributed by atoms with van der Waals surface area (Å²) in [7, 11) is 1.65. The van der Waals surface area contributed by atoms with Crippen molar-refractivity contribution in [3.8, 4) is 5.75 Å². The van der Waals surface area contributed by atoms with Gasteiger partial charge in [-0.25, -0.2) is 4.98 Å². The molecule has 0 unspecified atom stereocenters. The topological polar surface area (TPSA) is 67.0 Å². The lowest BCUT2D eigenvalue weighted by molar-refractivity contribution is 0.410. The summed E-state index contributed by atoms with van der Waals surface area (Å²) in [4.78, 5) is 18.9. The van der Waals surface area contributed by atoms with E-state index in [9.17, 15) is 4.79 Å². The van der Waals surface area contributed by atoms with Crippen LogP contribution in [0.4, 0.5) is 5.82 Å². The molecule has 1 heterocycles. The first-order chi connectivity index (χ1) is 9.76. The van der Waals surface area contributed by atoms with Crippen LogP contribution < -0.4 is 15.6 Å². The van der Waals surface area contributed by atoms with Crippen molar-refractivity contribution in [2.24, 2.45) is 0 Å². The molecular weight excluding hydrogens is 254 g/mol. The third-order valence-electron chi connectivity index (χ3n) is 3.38. The highest BCUT2D eigenvalue weighted by molar-refractivity contribution is 5.39. The molecule has 3 rings (SSSR count). The summed E-state index contributed by atoms with van der Waals surface area (Å²) < 4.78 is 5.30. The highest BCUT2D eigenvalue weighted by Gasteiger charge is 2.26. The third-order valence-corrected chi connectivity index (χ3v) is 3.38. The maximum absolute atomic E-state index is 11.6. The number of aromatic amines is 1. The van der Waals surface area contributed by atoms with Crippen molar-refractivity contribution in [3.05, 3.63) is 52.1 Å². The van der Waals surface area contributed by atoms with E-state index in [1.165, 1.54) is 6.07 Å². The lowest BCUT2D eigenvalue weighted by atomic mass is 10.2. The number of anilines is 1. The molecule has 0 aliphatic heterocycles. The van der Waals surface area contributed by atoms with Crippen LogP contribution in [0.3, 0.4) is 0 Å². The lowest BCUT2D eigenvalue weighted by Gasteiger charge is -2.10. The molecule has 5 nitrogen and oxygen atoms in total. The Kier molecular flexibility index (Phi) is 3.41. The average Bonchev–Trinajstić information content (AvgIpc) is 3.29. The molecule has 1 aliphatic carbocycles. The standard InChI is InChI=1S/C15H17N3O2/c1-20-12-5-3-2-4-11(12)9-16-13-8-14(19)18-15(17-13)10-6-7-10/h2-5,8,10H,6-7,9H2,1H3,(H2,16,17,18,19). The van der Waals surface area contributed by atoms with Crippen molar-refractivity contribution in [2.75, 3.05) is 12.4 Å². The molecule has 104 valence electrons. The highest BCUT2D eigenvalue weighted by Crippen LogP contribution is 2.37. The number of para-hydroxylation sites is 1. The number of rotatable bonds is 5. The predicted octanol–water partition coefficient (Wildman–Crippen LogP) is 2.27. The third kappa shape index (κ3) is 2.82. The summed E-state index contributed by atoms with van der Waals surface area (Å²) in [5.74, 6) is 2.66. The van der Waals surface area contributed by atoms with Crippen molar-refractivity contribution in [1.29, 1.82) is 0 Å². The van der Waals surface area contributed by atoms with Gasteiger partial charge in [-0.15, -0.1) is 0 Å². The first-order valence-corrected chi connectivity index (χ1v) is 6.73. The van der Waals surface area contributed by atoms with Crippen molar-refractivity contribution in [2.45, 2.75) is 25.3 Å². The fraction of sp³-hybridized carbons (Fsp3) is 0.333. The molecule has 1 aromatic heterocycles. The van der Waals surface area contributed by atoms with Crippen LogP contribution in [0, 0.1) is 0 Å². The normalized spacial score (nSPS) is 14.1. The molecule has 2 aromatic rings. The van der Waals surface area contributed by atoms with Crippen LogP contribution in [-0.2, 0) is 6.54 Å². The minimum absolute atomic E-state index is 0.107. The van der Waals surface area contributed by atoms with Crippen LogP contribution in [0.1, 0.15) is 30.1 Å². The molecule has 1 aliphatic rings. The van der Waals surface area contributed by atoms with Crippen LogP contribution in [0.5, 0.6) is 5.75 Å². The summed E-state index contributed by atoms with van der Waals surface area (Å²) in [5.41, 5.74) is 0.925. The van der Waals surface area contributed by atoms with Crippen molar-refractivity contribution in [1.82, 2.24) is 9.97 Å². The fourth-order valence-corrected chi connectivity index (χ4v) is 2.15. The van der Waals surface area contributed by atoms with Crippen molar-refractivity contribution >= 4 is 5.82 Å². The summed E-state index contributed by atoms with van der Waals surface area (Å²) in [6.45, 7) is 0.574. The van der Waals surface area contributed by atoms with Gasteiger partial charge in [0.1, 0.15) is 17.4 Å². The lowest BCUT2D eigenvalue weighted by Crippen LogP contribution is -2.13. The number of nitrogens with zero attached hydrogens (tertiary/aromatic N) is 1. The van der Waals surface area contributed by atoms with E-state index in [0.717, 1.165) is 30.0 Å². The van der Waals surface area contributed by atoms with Gasteiger partial charge in [0.2, 0.25) is 0 Å². The zero-order chi connectivity index (χ0) is 13.9. The van der Waals surface area contributed by atoms with Gasteiger partial charge in [0, 0.05) is 24.1 Å². The van der Waals surface area contributed by atoms with E-state index in [0.29, 0.717) is 18.3 Å². The van der Waals surface area contributed by atoms with Crippen LogP contribution in [0.25, 0.3) is 0 Å². The van der Waals surface area contributed by atoms with Crippen molar-refractivity contribution < 1.29 is 4.74 Å². The van der Waals surface area contributed by atoms with Gasteiger partial charge in [0.05, 0.1) is 7.11 Å². The highest BCUT2D eigenvalue weighted by atomic mass is 16.5. The SMILES string of the molecule is COc1ccccc1CNc1cc(=O)[nH]c(C2CC2)n1. The number of ether oxygens (including phenoxy) is 1. The molecule has 20 heavy (non-hydrogen) atoms. The molecule has 0 amide bonds. The molecule has 0 saturated heterocycles. The van der Waals surface area contributed by atoms with Gasteiger partial charge in [0.15, 0.2) is 0 Å². The molecule has 2 N–H and O–H groups in total. The molecule has 1 fully saturated rings. The van der Waals surface area contributed by atoms with Gasteiger partial charge in [-0.3, -0.25) is 4.79 Å². The number of nitrogens with one attached hydrogen (secondary N) is 2. The Morgan fingerprint density at radius 2 is 2.20 bits per heavy atom. The summed E-state index contributed by atoms with van der Waals surface area (Å²) >= 11 is 0. The summed E-state index contributed by atoms with van der Waals surface area (Å²) in [6.07, 6.45) is 2.22. The smallest absolute Gasteiger partial charge is 0.252 e. The number of aromatic nitrogens is 2. The van der Waals surface area contributed by atoms with E-state index >= 15 is 0 Å². The van der Waals surface area contributed by atoms with Gasteiger partial charge in [0.25, 0.3) is 5.56 Å². The number of H-pyrrole nitrogens is 1. The quantitative estimate of drug-likeness (QED) is 0.875. The molecule has 0 bridgehead atoms. The summed E-state index contributed by atoms with van der Waals surface area (Å²) in [5, 5.41) is 3.19. The molecule has 5 heteroatoms. The molecule has 1 saturated carbocycles. The molecule has 0 radical (unpaired) electrons. The largest absolute Gasteiger partial charge is 0.496 e. The van der Waals surface area contributed by atoms with Crippen LogP contribution in [-0.4, -0.2) is 17.1 Å². The van der Waals surface area contributed by atoms with E-state index < -0.39 is 0 Å². The van der Waals surface area contributed by atoms with Gasteiger partial charge in [-0.1, -0.05) is 18.2 Å². The average molecular weight is 271 g/mol. The first kappa shape index (κ1) is 12.7. The minimum atomic E-state index is -0.107. The zero-order valence-electron chi connectivity index (χ0n) is 11.3. The van der Waals surface area contributed by atoms with Crippen LogP contribution in [0.2, 0.25) is 0 Å². The number of benzene rings is 1.